The molecule has 4 nitrogen and oxygen atoms in total. The van der Waals surface area contributed by atoms with Crippen LogP contribution in [-0.4, -0.2) is 24.0 Å². The summed E-state index contributed by atoms with van der Waals surface area (Å²) in [5.41, 5.74) is 0. The predicted molar refractivity (Wildman–Crippen MR) is 49.9 cm³/mol. The number of hydrogen-bond donors (Lipinski definition) is 1. The molecule has 0 aliphatic carbocycles. The molecule has 0 aromatic heterocycles. The number of rotatable bonds is 2. The maximum atomic E-state index is 11.8. The van der Waals surface area contributed by atoms with Crippen molar-refractivity contribution >= 4 is 11.9 Å². The first-order valence-electron chi connectivity index (χ1n) is 5.66. The Balaban J connectivity index is 1.85. The number of nitrogens with one attached hydrogen (secondary N) is 1. The number of carbonyl (C=O) groups is 2. The predicted octanol–water partition coefficient (Wildman–Crippen LogP) is 0.890. The summed E-state index contributed by atoms with van der Waals surface area (Å²) in [6, 6.07) is -0.0898. The first-order chi connectivity index (χ1) is 7.16. The van der Waals surface area contributed by atoms with E-state index >= 15 is 0 Å². The molecular weight excluding hydrogens is 248 g/mol. The van der Waals surface area contributed by atoms with Crippen LogP contribution in [0.5, 0.6) is 0 Å². The molecular formula is C10H15NO3Zn. The molecule has 80 valence electrons. The van der Waals surface area contributed by atoms with Gasteiger partial charge in [-0.2, -0.15) is 0 Å². The quantitative estimate of drug-likeness (QED) is 0.594. The van der Waals surface area contributed by atoms with Gasteiger partial charge in [0.1, 0.15) is 0 Å². The van der Waals surface area contributed by atoms with Crippen LogP contribution in [0.15, 0.2) is 0 Å². The Hall–Kier alpha value is -0.437. The molecule has 2 fully saturated rings. The van der Waals surface area contributed by atoms with Gasteiger partial charge < -0.3 is 0 Å². The van der Waals surface area contributed by atoms with Crippen LogP contribution in [0.3, 0.4) is 0 Å². The zero-order chi connectivity index (χ0) is 10.8. The Morgan fingerprint density at radius 2 is 2.40 bits per heavy atom. The van der Waals surface area contributed by atoms with Crippen LogP contribution in [0.2, 0.25) is 9.53 Å². The van der Waals surface area contributed by atoms with Crippen LogP contribution in [0.25, 0.3) is 0 Å². The Kier molecular flexibility index (Phi) is 3.40. The number of carbonyl (C=O) groups excluding carboxylic acids is 2. The second kappa shape index (κ2) is 4.60. The van der Waals surface area contributed by atoms with Gasteiger partial charge in [0.2, 0.25) is 0 Å². The van der Waals surface area contributed by atoms with Crippen molar-refractivity contribution < 1.29 is 31.5 Å². The molecule has 1 amide bonds. The van der Waals surface area contributed by atoms with Crippen LogP contribution in [0.1, 0.15) is 26.2 Å². The van der Waals surface area contributed by atoms with Crippen LogP contribution in [0.4, 0.5) is 0 Å². The Bertz CT molecular complexity index is 276. The van der Waals surface area contributed by atoms with Gasteiger partial charge in [0.25, 0.3) is 0 Å². The van der Waals surface area contributed by atoms with Gasteiger partial charge in [0.05, 0.1) is 0 Å². The van der Waals surface area contributed by atoms with Gasteiger partial charge in [-0.05, 0) is 0 Å². The van der Waals surface area contributed by atoms with Gasteiger partial charge >= 0.3 is 96.5 Å². The molecule has 0 bridgehead atoms. The van der Waals surface area contributed by atoms with Gasteiger partial charge in [-0.25, -0.2) is 0 Å². The van der Waals surface area contributed by atoms with Crippen molar-refractivity contribution in [3.8, 4) is 0 Å². The molecule has 2 saturated heterocycles. The molecule has 0 radical (unpaired) electrons. The van der Waals surface area contributed by atoms with E-state index in [-0.39, 0.29) is 24.0 Å². The van der Waals surface area contributed by atoms with Gasteiger partial charge in [-0.1, -0.05) is 0 Å². The van der Waals surface area contributed by atoms with Crippen molar-refractivity contribution in [2.75, 3.05) is 0 Å². The SMILES string of the molecule is C[C@@H]1OC(=O)C[C@@H]1NC(=O)[CH]1CC[CH2][Zn]1. The summed E-state index contributed by atoms with van der Waals surface area (Å²) in [4.78, 5) is 22.8. The number of hydrogen-bond acceptors (Lipinski definition) is 3. The summed E-state index contributed by atoms with van der Waals surface area (Å²) < 4.78 is 5.35. The molecule has 0 aromatic rings. The van der Waals surface area contributed by atoms with Crippen molar-refractivity contribution in [3.05, 3.63) is 0 Å². The molecule has 5 heteroatoms. The summed E-state index contributed by atoms with van der Waals surface area (Å²) in [5.74, 6) is -0.0107. The van der Waals surface area contributed by atoms with Crippen LogP contribution >= 0.6 is 0 Å². The number of ether oxygens (including phenoxy) is 1. The van der Waals surface area contributed by atoms with Gasteiger partial charge in [-0.15, -0.1) is 0 Å². The molecule has 15 heavy (non-hydrogen) atoms. The molecule has 3 atom stereocenters. The second-order valence-corrected chi connectivity index (χ2v) is 9.26. The van der Waals surface area contributed by atoms with Crippen LogP contribution in [-0.2, 0) is 31.5 Å². The van der Waals surface area contributed by atoms with Gasteiger partial charge in [-0.3, -0.25) is 0 Å². The van der Waals surface area contributed by atoms with E-state index in [1.807, 2.05) is 6.92 Å². The number of amides is 1. The normalized spacial score (nSPS) is 34.2. The molecule has 0 aromatic carbocycles. The molecule has 1 N–H and O–H groups in total. The van der Waals surface area contributed by atoms with Gasteiger partial charge in [0, 0.05) is 0 Å². The summed E-state index contributed by atoms with van der Waals surface area (Å²) in [6.07, 6.45) is 2.48. The standard InChI is InChI=1S/C10H15NO3.Zn/c1-3-4-5-9(12)11-8-6-10(13)14-7(8)2;/h5,7-8H,1,3-4,6H2,2H3,(H,11,12);/t7-,8-;/m0./s1. The van der Waals surface area contributed by atoms with Gasteiger partial charge in [0.15, 0.2) is 0 Å². The zero-order valence-electron chi connectivity index (χ0n) is 8.99. The van der Waals surface area contributed by atoms with Crippen molar-refractivity contribution in [2.45, 2.75) is 47.9 Å². The van der Waals surface area contributed by atoms with Crippen molar-refractivity contribution in [3.63, 3.8) is 0 Å². The van der Waals surface area contributed by atoms with Crippen LogP contribution in [0, 0.1) is 0 Å². The third-order valence-corrected chi connectivity index (χ3v) is 8.33. The fourth-order valence-electron chi connectivity index (χ4n) is 2.34. The van der Waals surface area contributed by atoms with E-state index in [1.165, 1.54) is 11.4 Å². The summed E-state index contributed by atoms with van der Waals surface area (Å²) in [5, 5.41) is 4.30. The Morgan fingerprint density at radius 1 is 1.60 bits per heavy atom. The van der Waals surface area contributed by atoms with E-state index in [0.717, 1.165) is 6.42 Å². The molecule has 1 unspecified atom stereocenters. The van der Waals surface area contributed by atoms with Crippen molar-refractivity contribution in [2.24, 2.45) is 0 Å². The first-order valence-corrected chi connectivity index (χ1v) is 9.48. The van der Waals surface area contributed by atoms with Crippen LogP contribution < -0.4 is 5.32 Å². The van der Waals surface area contributed by atoms with E-state index in [0.29, 0.717) is 10.9 Å². The van der Waals surface area contributed by atoms with E-state index in [2.05, 4.69) is 5.32 Å². The van der Waals surface area contributed by atoms with E-state index in [1.54, 1.807) is 0 Å². The summed E-state index contributed by atoms with van der Waals surface area (Å²) in [6.45, 7) is 1.84. The Morgan fingerprint density at radius 3 is 2.93 bits per heavy atom. The van der Waals surface area contributed by atoms with Crippen molar-refractivity contribution in [1.29, 1.82) is 0 Å². The maximum absolute atomic E-state index is 11.8. The molecule has 0 saturated carbocycles. The molecule has 0 spiro atoms. The third kappa shape index (κ3) is 2.57. The van der Waals surface area contributed by atoms with E-state index in [9.17, 15) is 9.59 Å². The number of esters is 1. The second-order valence-electron chi connectivity index (χ2n) is 4.50. The fraction of sp³-hybridized carbons (Fsp3) is 0.800. The topological polar surface area (TPSA) is 55.4 Å². The first kappa shape index (κ1) is 11.1. The van der Waals surface area contributed by atoms with E-state index < -0.39 is 17.1 Å². The molecule has 2 heterocycles. The molecule has 2 rings (SSSR count). The molecule has 2 aliphatic rings. The Labute approximate surface area is 96.7 Å². The summed E-state index contributed by atoms with van der Waals surface area (Å²) >= 11 is -0.610. The minimum atomic E-state index is -0.610. The molecule has 2 aliphatic heterocycles. The average Bonchev–Trinajstić information content (AvgIpc) is 2.76. The van der Waals surface area contributed by atoms with Crippen molar-refractivity contribution in [1.82, 2.24) is 5.32 Å². The third-order valence-electron chi connectivity index (χ3n) is 3.32. The van der Waals surface area contributed by atoms with E-state index in [4.69, 9.17) is 4.74 Å². The fourth-order valence-corrected chi connectivity index (χ4v) is 6.59. The average molecular weight is 263 g/mol. The minimum absolute atomic E-state index is 0.0898. The summed E-state index contributed by atoms with van der Waals surface area (Å²) in [7, 11) is 0. The zero-order valence-corrected chi connectivity index (χ0v) is 12.0. The number of cyclic esters (lactones) is 1. The monoisotopic (exact) mass is 261 g/mol.